The Morgan fingerprint density at radius 1 is 1.11 bits per heavy atom. The van der Waals surface area contributed by atoms with Gasteiger partial charge in [-0.1, -0.05) is 0 Å². The van der Waals surface area contributed by atoms with Crippen LogP contribution in [-0.2, 0) is 19.0 Å². The van der Waals surface area contributed by atoms with Crippen LogP contribution >= 0.6 is 0 Å². The molecule has 0 radical (unpaired) electrons. The molecule has 0 bridgehead atoms. The lowest BCUT2D eigenvalue weighted by Crippen LogP contribution is -2.78. The van der Waals surface area contributed by atoms with Crippen LogP contribution in [0.2, 0.25) is 0 Å². The number of rotatable bonds is 6. The summed E-state index contributed by atoms with van der Waals surface area (Å²) in [7, 11) is 0. The highest BCUT2D eigenvalue weighted by Gasteiger charge is 2.61. The second-order valence-electron chi connectivity index (χ2n) is 7.02. The van der Waals surface area contributed by atoms with Gasteiger partial charge in [0.05, 0.1) is 25.3 Å². The summed E-state index contributed by atoms with van der Waals surface area (Å²) in [6.45, 7) is -0.349. The average Bonchev–Trinajstić information content (AvgIpc) is 2.66. The van der Waals surface area contributed by atoms with Crippen LogP contribution in [0, 0.1) is 0 Å². The highest BCUT2D eigenvalue weighted by molar-refractivity contribution is 5.71. The maximum atomic E-state index is 11.1. The molecule has 0 spiro atoms. The van der Waals surface area contributed by atoms with Crippen molar-refractivity contribution in [3.05, 3.63) is 0 Å². The minimum atomic E-state index is -2.57. The lowest BCUT2D eigenvalue weighted by molar-refractivity contribution is -0.374. The summed E-state index contributed by atoms with van der Waals surface area (Å²) >= 11 is 0. The largest absolute Gasteiger partial charge is 0.479 e. The summed E-state index contributed by atoms with van der Waals surface area (Å²) in [5.74, 6) is -3.93. The summed E-state index contributed by atoms with van der Waals surface area (Å²) in [5, 5.41) is 69.3. The molecule has 2 saturated heterocycles. The zero-order valence-electron chi connectivity index (χ0n) is 15.1. The highest BCUT2D eigenvalue weighted by Crippen LogP contribution is 2.37. The number of aliphatic carboxylic acids is 1. The first-order chi connectivity index (χ1) is 13.0. The molecule has 0 aromatic rings. The van der Waals surface area contributed by atoms with Gasteiger partial charge in [0.2, 0.25) is 5.79 Å². The third kappa shape index (κ3) is 4.01. The van der Waals surface area contributed by atoms with Crippen LogP contribution in [0.25, 0.3) is 0 Å². The van der Waals surface area contributed by atoms with Crippen molar-refractivity contribution in [2.45, 2.75) is 73.6 Å². The summed E-state index contributed by atoms with van der Waals surface area (Å²) in [6, 6.07) is -3.08. The van der Waals surface area contributed by atoms with E-state index >= 15 is 0 Å². The highest BCUT2D eigenvalue weighted by atomic mass is 16.7. The van der Waals surface area contributed by atoms with Crippen molar-refractivity contribution in [3.8, 4) is 0 Å². The van der Waals surface area contributed by atoms with Crippen LogP contribution in [0.5, 0.6) is 0 Å². The van der Waals surface area contributed by atoms with E-state index in [-0.39, 0.29) is 0 Å². The summed E-state index contributed by atoms with van der Waals surface area (Å²) in [5.41, 5.74) is 11.8. The molecule has 0 amide bonds. The van der Waals surface area contributed by atoms with Crippen molar-refractivity contribution in [2.24, 2.45) is 11.5 Å². The second kappa shape index (κ2) is 8.81. The lowest BCUT2D eigenvalue weighted by Gasteiger charge is -2.54. The van der Waals surface area contributed by atoms with E-state index in [1.54, 1.807) is 0 Å². The fourth-order valence-electron chi connectivity index (χ4n) is 3.42. The van der Waals surface area contributed by atoms with Gasteiger partial charge in [-0.25, -0.2) is 4.79 Å². The van der Waals surface area contributed by atoms with Crippen LogP contribution in [0.15, 0.2) is 0 Å². The Labute approximate surface area is 160 Å². The lowest BCUT2D eigenvalue weighted by atomic mass is 9.81. The van der Waals surface area contributed by atoms with Gasteiger partial charge in [0.1, 0.15) is 42.7 Å². The van der Waals surface area contributed by atoms with E-state index in [0.717, 1.165) is 0 Å². The summed E-state index contributed by atoms with van der Waals surface area (Å²) < 4.78 is 16.0. The molecule has 0 aromatic heterocycles. The molecule has 2 heterocycles. The van der Waals surface area contributed by atoms with Gasteiger partial charge in [0, 0.05) is 0 Å². The van der Waals surface area contributed by atoms with E-state index in [9.17, 15) is 35.4 Å². The van der Waals surface area contributed by atoms with E-state index < -0.39 is 85.9 Å². The van der Waals surface area contributed by atoms with Crippen LogP contribution in [-0.4, -0.2) is 122 Å². The molecule has 164 valence electrons. The van der Waals surface area contributed by atoms with Crippen LogP contribution < -0.4 is 11.5 Å². The summed E-state index contributed by atoms with van der Waals surface area (Å²) in [6.07, 6.45) is -12.2. The molecule has 13 nitrogen and oxygen atoms in total. The number of aliphatic hydroxyl groups excluding tert-OH is 5. The Morgan fingerprint density at radius 3 is 2.18 bits per heavy atom. The van der Waals surface area contributed by atoms with Gasteiger partial charge in [-0.2, -0.15) is 0 Å². The van der Waals surface area contributed by atoms with Crippen molar-refractivity contribution in [3.63, 3.8) is 0 Å². The molecule has 11 atom stereocenters. The fourth-order valence-corrected chi connectivity index (χ4v) is 3.42. The molecular weight excluding hydrogens is 384 g/mol. The van der Waals surface area contributed by atoms with Crippen molar-refractivity contribution >= 4 is 5.97 Å². The third-order valence-corrected chi connectivity index (χ3v) is 5.16. The normalized spacial score (nSPS) is 48.2. The standard InChI is InChI=1S/C15H28N2O11/c1-4(14(23)24)26-11-9(21)6(3-19)28-15(25,12(11)17)13-7(16)10(22)8(20)5(2-18)27-13/h4-13,18-22,25H,2-3,16-17H2,1H3,(H,23,24)/t4-,5-,6-,7-,8-,9-,10-,11+,12-,13?,15?/m1/s1. The first-order valence-corrected chi connectivity index (χ1v) is 8.70. The molecule has 13 heteroatoms. The zero-order valence-corrected chi connectivity index (χ0v) is 15.1. The maximum Gasteiger partial charge on any atom is 0.332 e. The topological polar surface area (TPSA) is 238 Å². The van der Waals surface area contributed by atoms with E-state index in [4.69, 9.17) is 30.8 Å². The zero-order chi connectivity index (χ0) is 21.4. The average molecular weight is 412 g/mol. The Bertz CT molecular complexity index is 552. The van der Waals surface area contributed by atoms with E-state index in [2.05, 4.69) is 0 Å². The van der Waals surface area contributed by atoms with Crippen LogP contribution in [0.3, 0.4) is 0 Å². The van der Waals surface area contributed by atoms with Crippen LogP contribution in [0.4, 0.5) is 0 Å². The van der Waals surface area contributed by atoms with Gasteiger partial charge in [-0.05, 0) is 6.92 Å². The summed E-state index contributed by atoms with van der Waals surface area (Å²) in [4.78, 5) is 11.1. The second-order valence-corrected chi connectivity index (χ2v) is 7.02. The third-order valence-electron chi connectivity index (χ3n) is 5.16. The van der Waals surface area contributed by atoms with Gasteiger partial charge in [0.15, 0.2) is 6.10 Å². The molecule has 0 aliphatic carbocycles. The fraction of sp³-hybridized carbons (Fsp3) is 0.933. The Hall–Kier alpha value is -0.970. The molecule has 0 saturated carbocycles. The Balaban J connectivity index is 2.38. The number of carbonyl (C=O) groups is 1. The number of hydrogen-bond acceptors (Lipinski definition) is 12. The smallest absolute Gasteiger partial charge is 0.332 e. The molecule has 0 aromatic carbocycles. The quantitative estimate of drug-likeness (QED) is 0.198. The monoisotopic (exact) mass is 412 g/mol. The van der Waals surface area contributed by atoms with Gasteiger partial charge < -0.3 is 61.4 Å². The van der Waals surface area contributed by atoms with E-state index in [1.165, 1.54) is 6.92 Å². The molecule has 2 aliphatic heterocycles. The molecule has 2 fully saturated rings. The van der Waals surface area contributed by atoms with Gasteiger partial charge in [0.25, 0.3) is 0 Å². The minimum Gasteiger partial charge on any atom is -0.479 e. The number of carboxylic acid groups (broad SMARTS) is 1. The van der Waals surface area contributed by atoms with E-state index in [0.29, 0.717) is 0 Å². The number of nitrogens with two attached hydrogens (primary N) is 2. The molecule has 2 aliphatic rings. The van der Waals surface area contributed by atoms with Crippen LogP contribution in [0.1, 0.15) is 6.92 Å². The van der Waals surface area contributed by atoms with E-state index in [1.807, 2.05) is 0 Å². The maximum absolute atomic E-state index is 11.1. The number of hydrogen-bond donors (Lipinski definition) is 9. The molecular formula is C15H28N2O11. The molecule has 2 rings (SSSR count). The molecule has 28 heavy (non-hydrogen) atoms. The Morgan fingerprint density at radius 2 is 1.68 bits per heavy atom. The van der Waals surface area contributed by atoms with Crippen molar-refractivity contribution in [1.29, 1.82) is 0 Å². The first-order valence-electron chi connectivity index (χ1n) is 8.70. The molecule has 2 unspecified atom stereocenters. The minimum absolute atomic E-state index is 0.727. The van der Waals surface area contributed by atoms with Gasteiger partial charge in [-0.3, -0.25) is 0 Å². The number of aliphatic hydroxyl groups is 6. The Kier molecular flexibility index (Phi) is 7.33. The van der Waals surface area contributed by atoms with Crippen molar-refractivity contribution in [2.75, 3.05) is 13.2 Å². The number of carboxylic acids is 1. The van der Waals surface area contributed by atoms with Crippen molar-refractivity contribution in [1.82, 2.24) is 0 Å². The first kappa shape index (κ1) is 23.3. The number of ether oxygens (including phenoxy) is 3. The predicted molar refractivity (Wildman–Crippen MR) is 88.6 cm³/mol. The van der Waals surface area contributed by atoms with Crippen molar-refractivity contribution < 1.29 is 54.8 Å². The van der Waals surface area contributed by atoms with Gasteiger partial charge >= 0.3 is 5.97 Å². The molecule has 11 N–H and O–H groups in total. The SMILES string of the molecule is C[C@@H](O[C@H]1[C@H](O)[C@@H](CO)OC(O)(C2O[C@H](CO)[C@@H](O)[C@H](O)[C@H]2N)[C@@H]1N)C(=O)O. The van der Waals surface area contributed by atoms with Gasteiger partial charge in [-0.15, -0.1) is 0 Å². The predicted octanol–water partition coefficient (Wildman–Crippen LogP) is -5.58.